The monoisotopic (exact) mass is 519 g/mol. The summed E-state index contributed by atoms with van der Waals surface area (Å²) in [6, 6.07) is -0.302. The number of carbonyl (C=O) groups is 3. The van der Waals surface area contributed by atoms with Gasteiger partial charge in [-0.1, -0.05) is 19.6 Å². The minimum atomic E-state index is -1.14. The van der Waals surface area contributed by atoms with Gasteiger partial charge in [0.1, 0.15) is 24.7 Å². The number of fused-ring (bicyclic) bond motifs is 1. The molecule has 4 rings (SSSR count). The Kier molecular flexibility index (Phi) is 7.51. The lowest BCUT2D eigenvalue weighted by atomic mass is 9.79. The number of hydrogen-bond donors (Lipinski definition) is 2. The molecule has 0 aromatic carbocycles. The molecule has 11 heteroatoms. The van der Waals surface area contributed by atoms with Crippen LogP contribution in [0.4, 0.5) is 4.79 Å². The van der Waals surface area contributed by atoms with E-state index in [1.165, 1.54) is 22.7 Å². The number of hydrogen-bond acceptors (Lipinski definition) is 6. The van der Waals surface area contributed by atoms with Gasteiger partial charge in [0.15, 0.2) is 0 Å². The van der Waals surface area contributed by atoms with Crippen LogP contribution >= 0.6 is 11.8 Å². The van der Waals surface area contributed by atoms with Crippen LogP contribution in [0, 0.1) is 11.8 Å². The second kappa shape index (κ2) is 10.3. The maximum atomic E-state index is 12.9. The van der Waals surface area contributed by atoms with E-state index in [0.29, 0.717) is 24.3 Å². The first kappa shape index (κ1) is 26.3. The number of β-lactam (4-membered cyclic amide) rings is 1. The molecule has 196 valence electrons. The zero-order chi connectivity index (χ0) is 26.3. The molecule has 0 saturated carbocycles. The number of carboxylic acid groups (broad SMARTS) is 1. The maximum Gasteiger partial charge on any atom is 0.410 e. The van der Waals surface area contributed by atoms with Crippen molar-refractivity contribution in [2.45, 2.75) is 63.1 Å². The number of likely N-dealkylation sites (tertiary alicyclic amines) is 1. The Morgan fingerprint density at radius 3 is 2.69 bits per heavy atom. The fourth-order valence-corrected chi connectivity index (χ4v) is 7.29. The van der Waals surface area contributed by atoms with E-state index in [1.807, 2.05) is 37.3 Å². The average molecular weight is 520 g/mol. The van der Waals surface area contributed by atoms with Crippen LogP contribution < -0.4 is 4.57 Å². The van der Waals surface area contributed by atoms with E-state index < -0.39 is 24.1 Å². The van der Waals surface area contributed by atoms with Crippen molar-refractivity contribution in [1.29, 1.82) is 0 Å². The van der Waals surface area contributed by atoms with Crippen molar-refractivity contribution in [3.05, 3.63) is 42.0 Å². The number of carbonyl (C=O) groups excluding carboxylic acids is 2. The molecule has 36 heavy (non-hydrogen) atoms. The molecule has 10 nitrogen and oxygen atoms in total. The van der Waals surface area contributed by atoms with Gasteiger partial charge < -0.3 is 24.7 Å². The number of aromatic nitrogens is 2. The van der Waals surface area contributed by atoms with Gasteiger partial charge in [0.05, 0.1) is 31.2 Å². The number of aliphatic hydroxyl groups excluding tert-OH is 1. The third kappa shape index (κ3) is 4.66. The van der Waals surface area contributed by atoms with Gasteiger partial charge in [-0.2, -0.15) is 0 Å². The number of ether oxygens (including phenoxy) is 1. The van der Waals surface area contributed by atoms with Crippen LogP contribution in [0.5, 0.6) is 0 Å². The topological polar surface area (TPSA) is 116 Å². The zero-order valence-corrected chi connectivity index (χ0v) is 21.9. The van der Waals surface area contributed by atoms with Crippen LogP contribution in [-0.2, 0) is 21.4 Å². The first-order valence-electron chi connectivity index (χ1n) is 12.3. The van der Waals surface area contributed by atoms with Crippen LogP contribution in [0.2, 0.25) is 0 Å². The molecule has 2 N–H and O–H groups in total. The molecule has 7 atom stereocenters. The summed E-state index contributed by atoms with van der Waals surface area (Å²) in [6.45, 7) is 9.73. The first-order valence-corrected chi connectivity index (χ1v) is 13.1. The molecule has 3 aliphatic rings. The molecule has 0 bridgehead atoms. The lowest BCUT2D eigenvalue weighted by Gasteiger charge is -2.46. The predicted octanol–water partition coefficient (Wildman–Crippen LogP) is 1.92. The number of aliphatic carboxylic acids is 1. The average Bonchev–Trinajstić information content (AvgIpc) is 3.48. The number of imidazole rings is 1. The predicted molar refractivity (Wildman–Crippen MR) is 133 cm³/mol. The van der Waals surface area contributed by atoms with E-state index in [4.69, 9.17) is 4.74 Å². The SMILES string of the molecule is C=CCOC(=O)N1C[C@@H](SC2=C(C(=O)O)N3C(=O)[C@H]([C@@H](C)O)[C@H]3[C@H]2C)C[C@H]1C[C@H](C)n1cc[n+](C)c1. The van der Waals surface area contributed by atoms with Gasteiger partial charge in [0.25, 0.3) is 0 Å². The summed E-state index contributed by atoms with van der Waals surface area (Å²) in [5.74, 6) is -2.30. The molecule has 0 radical (unpaired) electrons. The fourth-order valence-electron chi connectivity index (χ4n) is 5.72. The van der Waals surface area contributed by atoms with Crippen LogP contribution in [0.1, 0.15) is 39.7 Å². The molecule has 0 spiro atoms. The van der Waals surface area contributed by atoms with Gasteiger partial charge in [-0.15, -0.1) is 11.8 Å². The van der Waals surface area contributed by atoms with Crippen molar-refractivity contribution in [3.63, 3.8) is 0 Å². The molecule has 1 aromatic rings. The third-order valence-electron chi connectivity index (χ3n) is 7.45. The molecule has 2 amide bonds. The maximum absolute atomic E-state index is 12.9. The molecule has 0 aliphatic carbocycles. The van der Waals surface area contributed by atoms with Gasteiger partial charge in [0.2, 0.25) is 12.2 Å². The van der Waals surface area contributed by atoms with Gasteiger partial charge in [0, 0.05) is 35.1 Å². The van der Waals surface area contributed by atoms with Crippen molar-refractivity contribution in [1.82, 2.24) is 14.4 Å². The minimum absolute atomic E-state index is 0.0110. The summed E-state index contributed by atoms with van der Waals surface area (Å²) < 4.78 is 9.42. The third-order valence-corrected chi connectivity index (χ3v) is 8.95. The molecule has 2 saturated heterocycles. The summed E-state index contributed by atoms with van der Waals surface area (Å²) >= 11 is 1.44. The van der Waals surface area contributed by atoms with Gasteiger partial charge in [-0.25, -0.2) is 18.7 Å². The number of nitrogens with zero attached hydrogens (tertiary/aromatic N) is 4. The van der Waals surface area contributed by atoms with Crippen molar-refractivity contribution < 1.29 is 33.9 Å². The summed E-state index contributed by atoms with van der Waals surface area (Å²) in [7, 11) is 1.96. The second-order valence-electron chi connectivity index (χ2n) is 10.0. The van der Waals surface area contributed by atoms with Crippen molar-refractivity contribution >= 4 is 29.7 Å². The lowest BCUT2D eigenvalue weighted by Crippen LogP contribution is -2.63. The molecular weight excluding hydrogens is 484 g/mol. The number of rotatable bonds is 9. The van der Waals surface area contributed by atoms with E-state index in [1.54, 1.807) is 11.8 Å². The van der Waals surface area contributed by atoms with Crippen LogP contribution in [0.3, 0.4) is 0 Å². The summed E-state index contributed by atoms with van der Waals surface area (Å²) in [5.41, 5.74) is 0.0110. The lowest BCUT2D eigenvalue weighted by molar-refractivity contribution is -0.671. The highest BCUT2D eigenvalue weighted by molar-refractivity contribution is 8.03. The number of carboxylic acids is 1. The molecule has 2 fully saturated rings. The van der Waals surface area contributed by atoms with E-state index >= 15 is 0 Å². The Morgan fingerprint density at radius 1 is 1.39 bits per heavy atom. The van der Waals surface area contributed by atoms with E-state index in [9.17, 15) is 24.6 Å². The second-order valence-corrected chi connectivity index (χ2v) is 11.4. The van der Waals surface area contributed by atoms with Gasteiger partial charge >= 0.3 is 12.1 Å². The Bertz CT molecular complexity index is 1080. The largest absolute Gasteiger partial charge is 0.477 e. The quantitative estimate of drug-likeness (QED) is 0.291. The fraction of sp³-hybridized carbons (Fsp3) is 0.600. The molecular formula is C25H35N4O6S+. The standard InChI is InChI=1S/C25H34N4O6S/c1-6-9-35-25(34)28-12-18(11-17(28)10-14(2)27-8-7-26(5)13-27)36-22-15(3)20-19(16(4)30)23(31)29(20)21(22)24(32)33/h6-8,13-20,30H,1,9-12H2,2-5H3/p+1/t14-,15+,16+,17+,18-,19+,20+/m0/s1. The smallest absolute Gasteiger partial charge is 0.410 e. The van der Waals surface area contributed by atoms with Crippen molar-refractivity contribution in [2.75, 3.05) is 13.2 Å². The highest BCUT2D eigenvalue weighted by Gasteiger charge is 2.60. The van der Waals surface area contributed by atoms with E-state index in [-0.39, 0.29) is 47.5 Å². The first-order chi connectivity index (χ1) is 17.0. The van der Waals surface area contributed by atoms with Crippen molar-refractivity contribution in [2.24, 2.45) is 18.9 Å². The van der Waals surface area contributed by atoms with Crippen LogP contribution in [0.25, 0.3) is 0 Å². The Labute approximate surface area is 215 Å². The van der Waals surface area contributed by atoms with Gasteiger partial charge in [-0.3, -0.25) is 4.79 Å². The molecule has 1 aromatic heterocycles. The minimum Gasteiger partial charge on any atom is -0.477 e. The zero-order valence-electron chi connectivity index (χ0n) is 21.1. The van der Waals surface area contributed by atoms with Crippen LogP contribution in [0.15, 0.2) is 42.0 Å². The Balaban J connectivity index is 1.54. The van der Waals surface area contributed by atoms with Crippen LogP contribution in [-0.4, -0.2) is 79.1 Å². The summed E-state index contributed by atoms with van der Waals surface area (Å²) in [4.78, 5) is 41.4. The summed E-state index contributed by atoms with van der Waals surface area (Å²) in [5, 5.41) is 20.0. The van der Waals surface area contributed by atoms with E-state index in [2.05, 4.69) is 18.1 Å². The van der Waals surface area contributed by atoms with E-state index in [0.717, 1.165) is 0 Å². The molecule has 0 unspecified atom stereocenters. The molecule has 4 heterocycles. The normalized spacial score (nSPS) is 29.1. The number of thioether (sulfide) groups is 1. The highest BCUT2D eigenvalue weighted by atomic mass is 32.2. The Hall–Kier alpha value is -2.79. The number of aliphatic hydroxyl groups is 1. The number of amides is 2. The highest BCUT2D eigenvalue weighted by Crippen LogP contribution is 2.52. The van der Waals surface area contributed by atoms with Gasteiger partial charge in [-0.05, 0) is 20.3 Å². The van der Waals surface area contributed by atoms with Crippen molar-refractivity contribution in [3.8, 4) is 0 Å². The summed E-state index contributed by atoms with van der Waals surface area (Å²) in [6.07, 6.45) is 7.62. The Morgan fingerprint density at radius 2 is 2.11 bits per heavy atom. The number of aryl methyl sites for hydroxylation is 1. The molecule has 3 aliphatic heterocycles.